The van der Waals surface area contributed by atoms with Gasteiger partial charge in [0.25, 0.3) is 0 Å². The standard InChI is InChI=1S/C12H10BrN3/c13-9-4-11-8(5-14)7-16(10-2-1-3-10)12(11)15-6-9/h4,6-7,10H,1-3H2. The maximum Gasteiger partial charge on any atom is 0.141 e. The molecule has 3 nitrogen and oxygen atoms in total. The highest BCUT2D eigenvalue weighted by molar-refractivity contribution is 9.10. The third-order valence-electron chi connectivity index (χ3n) is 3.22. The van der Waals surface area contributed by atoms with Gasteiger partial charge in [-0.25, -0.2) is 4.98 Å². The third-order valence-corrected chi connectivity index (χ3v) is 3.66. The molecule has 0 saturated heterocycles. The lowest BCUT2D eigenvalue weighted by Gasteiger charge is -2.27. The fraction of sp³-hybridized carbons (Fsp3) is 0.333. The van der Waals surface area contributed by atoms with Crippen LogP contribution in [0.2, 0.25) is 0 Å². The summed E-state index contributed by atoms with van der Waals surface area (Å²) in [5.74, 6) is 0. The third kappa shape index (κ3) is 1.35. The van der Waals surface area contributed by atoms with Crippen molar-refractivity contribution in [3.8, 4) is 6.07 Å². The second-order valence-electron chi connectivity index (χ2n) is 4.17. The molecule has 0 bridgehead atoms. The van der Waals surface area contributed by atoms with E-state index >= 15 is 0 Å². The Balaban J connectivity index is 2.26. The van der Waals surface area contributed by atoms with Gasteiger partial charge in [-0.2, -0.15) is 5.26 Å². The fourth-order valence-electron chi connectivity index (χ4n) is 2.14. The van der Waals surface area contributed by atoms with Crippen molar-refractivity contribution in [3.63, 3.8) is 0 Å². The molecule has 3 rings (SSSR count). The Morgan fingerprint density at radius 3 is 2.94 bits per heavy atom. The Kier molecular flexibility index (Phi) is 2.22. The molecule has 4 heteroatoms. The van der Waals surface area contributed by atoms with Crippen LogP contribution in [0.4, 0.5) is 0 Å². The van der Waals surface area contributed by atoms with Crippen LogP contribution in [-0.4, -0.2) is 9.55 Å². The number of nitriles is 1. The van der Waals surface area contributed by atoms with Gasteiger partial charge in [-0.05, 0) is 41.3 Å². The number of halogens is 1. The average Bonchev–Trinajstić information content (AvgIpc) is 2.54. The van der Waals surface area contributed by atoms with E-state index in [1.54, 1.807) is 6.20 Å². The van der Waals surface area contributed by atoms with E-state index in [1.807, 2.05) is 12.3 Å². The van der Waals surface area contributed by atoms with Crippen molar-refractivity contribution in [2.75, 3.05) is 0 Å². The van der Waals surface area contributed by atoms with E-state index in [0.29, 0.717) is 6.04 Å². The van der Waals surface area contributed by atoms with Gasteiger partial charge in [0.1, 0.15) is 11.7 Å². The molecule has 2 aromatic heterocycles. The van der Waals surface area contributed by atoms with Gasteiger partial charge in [0, 0.05) is 28.3 Å². The van der Waals surface area contributed by atoms with Crippen LogP contribution in [0.5, 0.6) is 0 Å². The van der Waals surface area contributed by atoms with Gasteiger partial charge in [0.15, 0.2) is 0 Å². The molecule has 1 saturated carbocycles. The summed E-state index contributed by atoms with van der Waals surface area (Å²) in [6.45, 7) is 0. The molecule has 80 valence electrons. The zero-order chi connectivity index (χ0) is 11.1. The summed E-state index contributed by atoms with van der Waals surface area (Å²) in [7, 11) is 0. The normalized spacial score (nSPS) is 16.0. The summed E-state index contributed by atoms with van der Waals surface area (Å²) < 4.78 is 3.08. The maximum atomic E-state index is 9.11. The minimum Gasteiger partial charge on any atom is -0.328 e. The van der Waals surface area contributed by atoms with Crippen LogP contribution in [0.3, 0.4) is 0 Å². The number of hydrogen-bond donors (Lipinski definition) is 0. The molecule has 0 N–H and O–H groups in total. The lowest BCUT2D eigenvalue weighted by Crippen LogP contribution is -2.16. The van der Waals surface area contributed by atoms with Crippen LogP contribution in [0.1, 0.15) is 30.9 Å². The SMILES string of the molecule is N#Cc1cn(C2CCC2)c2ncc(Br)cc12. The molecule has 0 amide bonds. The zero-order valence-electron chi connectivity index (χ0n) is 8.65. The van der Waals surface area contributed by atoms with Crippen LogP contribution in [0, 0.1) is 11.3 Å². The van der Waals surface area contributed by atoms with Gasteiger partial charge in [0.2, 0.25) is 0 Å². The minimum absolute atomic E-state index is 0.540. The molecule has 0 spiro atoms. The summed E-state index contributed by atoms with van der Waals surface area (Å²) in [5, 5.41) is 10.1. The van der Waals surface area contributed by atoms with E-state index in [1.165, 1.54) is 19.3 Å². The number of nitrogens with zero attached hydrogens (tertiary/aromatic N) is 3. The van der Waals surface area contributed by atoms with Crippen molar-refractivity contribution < 1.29 is 0 Å². The van der Waals surface area contributed by atoms with E-state index < -0.39 is 0 Å². The van der Waals surface area contributed by atoms with E-state index in [2.05, 4.69) is 31.6 Å². The highest BCUT2D eigenvalue weighted by Gasteiger charge is 2.22. The smallest absolute Gasteiger partial charge is 0.141 e. The van der Waals surface area contributed by atoms with Crippen molar-refractivity contribution in [2.45, 2.75) is 25.3 Å². The Bertz CT molecular complexity index is 590. The first-order valence-corrected chi connectivity index (χ1v) is 6.15. The lowest BCUT2D eigenvalue weighted by molar-refractivity contribution is 0.320. The molecule has 1 aliphatic rings. The lowest BCUT2D eigenvalue weighted by atomic mass is 9.93. The Hall–Kier alpha value is -1.34. The van der Waals surface area contributed by atoms with Crippen LogP contribution >= 0.6 is 15.9 Å². The van der Waals surface area contributed by atoms with Crippen molar-refractivity contribution in [2.24, 2.45) is 0 Å². The second-order valence-corrected chi connectivity index (χ2v) is 5.09. The van der Waals surface area contributed by atoms with E-state index in [0.717, 1.165) is 21.1 Å². The predicted molar refractivity (Wildman–Crippen MR) is 65.0 cm³/mol. The molecule has 1 fully saturated rings. The Labute approximate surface area is 102 Å². The maximum absolute atomic E-state index is 9.11. The molecule has 0 radical (unpaired) electrons. The molecule has 0 aliphatic heterocycles. The predicted octanol–water partition coefficient (Wildman–Crippen LogP) is 3.40. The topological polar surface area (TPSA) is 41.6 Å². The molecule has 0 aromatic carbocycles. The minimum atomic E-state index is 0.540. The van der Waals surface area contributed by atoms with Crippen LogP contribution in [-0.2, 0) is 0 Å². The van der Waals surface area contributed by atoms with Gasteiger partial charge in [-0.3, -0.25) is 0 Å². The number of hydrogen-bond acceptors (Lipinski definition) is 2. The van der Waals surface area contributed by atoms with Gasteiger partial charge >= 0.3 is 0 Å². The second kappa shape index (κ2) is 3.60. The quantitative estimate of drug-likeness (QED) is 0.801. The zero-order valence-corrected chi connectivity index (χ0v) is 10.2. The molecule has 0 unspecified atom stereocenters. The molecule has 1 aliphatic carbocycles. The summed E-state index contributed by atoms with van der Waals surface area (Å²) in [4.78, 5) is 4.42. The molecule has 16 heavy (non-hydrogen) atoms. The first-order chi connectivity index (χ1) is 7.79. The van der Waals surface area contributed by atoms with Crippen LogP contribution in [0.15, 0.2) is 22.9 Å². The van der Waals surface area contributed by atoms with Gasteiger partial charge in [-0.15, -0.1) is 0 Å². The van der Waals surface area contributed by atoms with E-state index in [-0.39, 0.29) is 0 Å². The van der Waals surface area contributed by atoms with E-state index in [9.17, 15) is 0 Å². The van der Waals surface area contributed by atoms with Crippen molar-refractivity contribution in [1.82, 2.24) is 9.55 Å². The Morgan fingerprint density at radius 2 is 2.31 bits per heavy atom. The average molecular weight is 276 g/mol. The van der Waals surface area contributed by atoms with Crippen molar-refractivity contribution in [1.29, 1.82) is 5.26 Å². The molecule has 0 atom stereocenters. The van der Waals surface area contributed by atoms with Gasteiger partial charge in [0.05, 0.1) is 5.56 Å². The molecular formula is C12H10BrN3. The number of fused-ring (bicyclic) bond motifs is 1. The number of rotatable bonds is 1. The summed E-state index contributed by atoms with van der Waals surface area (Å²) in [6, 6.07) is 4.75. The highest BCUT2D eigenvalue weighted by atomic mass is 79.9. The fourth-order valence-corrected chi connectivity index (χ4v) is 2.47. The molecule has 2 aromatic rings. The van der Waals surface area contributed by atoms with Crippen LogP contribution in [0.25, 0.3) is 11.0 Å². The largest absolute Gasteiger partial charge is 0.328 e. The van der Waals surface area contributed by atoms with E-state index in [4.69, 9.17) is 5.26 Å². The number of pyridine rings is 1. The molecule has 2 heterocycles. The monoisotopic (exact) mass is 275 g/mol. The molecular weight excluding hydrogens is 266 g/mol. The van der Waals surface area contributed by atoms with Gasteiger partial charge < -0.3 is 4.57 Å². The summed E-state index contributed by atoms with van der Waals surface area (Å²) in [6.07, 6.45) is 7.41. The summed E-state index contributed by atoms with van der Waals surface area (Å²) >= 11 is 3.39. The van der Waals surface area contributed by atoms with Crippen molar-refractivity contribution in [3.05, 3.63) is 28.5 Å². The van der Waals surface area contributed by atoms with Crippen molar-refractivity contribution >= 4 is 27.0 Å². The first-order valence-electron chi connectivity index (χ1n) is 5.36. The van der Waals surface area contributed by atoms with Crippen LogP contribution < -0.4 is 0 Å². The Morgan fingerprint density at radius 1 is 1.50 bits per heavy atom. The summed E-state index contributed by atoms with van der Waals surface area (Å²) in [5.41, 5.74) is 1.65. The van der Waals surface area contributed by atoms with Gasteiger partial charge in [-0.1, -0.05) is 0 Å². The first kappa shape index (κ1) is 9.86. The number of aromatic nitrogens is 2. The highest BCUT2D eigenvalue weighted by Crippen LogP contribution is 2.35.